The number of benzene rings is 4. The molecule has 0 saturated heterocycles. The van der Waals surface area contributed by atoms with E-state index in [4.69, 9.17) is 4.74 Å². The summed E-state index contributed by atoms with van der Waals surface area (Å²) in [5.41, 5.74) is 7.46. The van der Waals surface area contributed by atoms with Crippen LogP contribution < -0.4 is 20.9 Å². The molecule has 0 unspecified atom stereocenters. The van der Waals surface area contributed by atoms with Gasteiger partial charge in [-0.1, -0.05) is 72.8 Å². The second-order valence-electron chi connectivity index (χ2n) is 10.5. The van der Waals surface area contributed by atoms with Crippen LogP contribution in [-0.2, 0) is 9.59 Å². The van der Waals surface area contributed by atoms with Crippen molar-refractivity contribution in [3.8, 4) is 11.5 Å². The average Bonchev–Trinajstić information content (AvgIpc) is 3.01. The lowest BCUT2D eigenvalue weighted by atomic mass is 9.81. The van der Waals surface area contributed by atoms with Crippen LogP contribution in [0.15, 0.2) is 91.0 Å². The molecular weight excluding hydrogens is 502 g/mol. The molecule has 1 aliphatic heterocycles. The van der Waals surface area contributed by atoms with E-state index in [-0.39, 0.29) is 23.6 Å². The molecule has 202 valence electrons. The number of hydrogen-bond acceptors (Lipinski definition) is 4. The zero-order valence-corrected chi connectivity index (χ0v) is 22.1. The number of carbonyl (C=O) groups is 3. The number of fused-ring (bicyclic) bond motifs is 3. The van der Waals surface area contributed by atoms with Crippen LogP contribution in [0.2, 0.25) is 0 Å². The Morgan fingerprint density at radius 3 is 2.02 bits per heavy atom. The second kappa shape index (κ2) is 11.2. The number of para-hydroxylation sites is 2. The van der Waals surface area contributed by atoms with Gasteiger partial charge in [-0.2, -0.15) is 0 Å². The van der Waals surface area contributed by atoms with Crippen LogP contribution >= 0.6 is 0 Å². The van der Waals surface area contributed by atoms with Crippen LogP contribution in [0.4, 0.5) is 0 Å². The number of carbonyl (C=O) groups excluding carboxylic acids is 3. The van der Waals surface area contributed by atoms with Crippen molar-refractivity contribution in [1.29, 1.82) is 0 Å². The highest BCUT2D eigenvalue weighted by Gasteiger charge is 2.33. The summed E-state index contributed by atoms with van der Waals surface area (Å²) in [5, 5.41) is 4.98. The van der Waals surface area contributed by atoms with Crippen molar-refractivity contribution in [2.45, 2.75) is 31.6 Å². The van der Waals surface area contributed by atoms with Crippen LogP contribution in [0.25, 0.3) is 10.8 Å². The minimum atomic E-state index is -0.423. The van der Waals surface area contributed by atoms with Crippen LogP contribution in [0.3, 0.4) is 0 Å². The van der Waals surface area contributed by atoms with E-state index < -0.39 is 5.92 Å². The Morgan fingerprint density at radius 1 is 0.675 bits per heavy atom. The molecule has 7 heteroatoms. The molecule has 0 atom stereocenters. The maximum Gasteiger partial charge on any atom is 0.270 e. The molecule has 0 aromatic heterocycles. The van der Waals surface area contributed by atoms with E-state index in [1.807, 2.05) is 84.9 Å². The van der Waals surface area contributed by atoms with Crippen molar-refractivity contribution >= 4 is 28.5 Å². The predicted octanol–water partition coefficient (Wildman–Crippen LogP) is 5.46. The fraction of sp³-hybridized carbons (Fsp3) is 0.242. The SMILES string of the molecule is O=C(NNC(=O)C1CCC(CNC(=O)C2c3ccccc3Oc3ccccc32)CC1)c1cccc2ccccc12. The molecule has 3 amide bonds. The van der Waals surface area contributed by atoms with Crippen molar-refractivity contribution in [2.75, 3.05) is 6.54 Å². The maximum absolute atomic E-state index is 13.4. The molecule has 2 aliphatic rings. The number of rotatable bonds is 5. The van der Waals surface area contributed by atoms with Gasteiger partial charge in [-0.25, -0.2) is 0 Å². The molecule has 4 aromatic carbocycles. The predicted molar refractivity (Wildman–Crippen MR) is 153 cm³/mol. The third-order valence-corrected chi connectivity index (χ3v) is 8.06. The number of ether oxygens (including phenoxy) is 1. The summed E-state index contributed by atoms with van der Waals surface area (Å²) >= 11 is 0. The highest BCUT2D eigenvalue weighted by molar-refractivity contribution is 6.07. The van der Waals surface area contributed by atoms with Gasteiger partial charge >= 0.3 is 0 Å². The van der Waals surface area contributed by atoms with Crippen LogP contribution in [0.1, 0.15) is 53.1 Å². The smallest absolute Gasteiger partial charge is 0.270 e. The number of hydrogen-bond donors (Lipinski definition) is 3. The molecule has 0 spiro atoms. The van der Waals surface area contributed by atoms with Gasteiger partial charge in [-0.15, -0.1) is 0 Å². The molecular formula is C33H31N3O4. The van der Waals surface area contributed by atoms with Crippen molar-refractivity contribution in [2.24, 2.45) is 11.8 Å². The first-order chi connectivity index (χ1) is 19.6. The summed E-state index contributed by atoms with van der Waals surface area (Å²) in [6.07, 6.45) is 3.08. The first-order valence-corrected chi connectivity index (χ1v) is 13.8. The monoisotopic (exact) mass is 533 g/mol. The minimum Gasteiger partial charge on any atom is -0.457 e. The van der Waals surface area contributed by atoms with E-state index in [2.05, 4.69) is 16.2 Å². The average molecular weight is 534 g/mol. The van der Waals surface area contributed by atoms with Gasteiger partial charge in [0.25, 0.3) is 5.91 Å². The zero-order chi connectivity index (χ0) is 27.5. The molecule has 0 radical (unpaired) electrons. The molecule has 1 saturated carbocycles. The molecule has 6 rings (SSSR count). The third-order valence-electron chi connectivity index (χ3n) is 8.06. The summed E-state index contributed by atoms with van der Waals surface area (Å²) < 4.78 is 6.02. The molecule has 40 heavy (non-hydrogen) atoms. The lowest BCUT2D eigenvalue weighted by Crippen LogP contribution is -2.45. The topological polar surface area (TPSA) is 96.5 Å². The largest absolute Gasteiger partial charge is 0.457 e. The second-order valence-corrected chi connectivity index (χ2v) is 10.5. The molecule has 1 fully saturated rings. The minimum absolute atomic E-state index is 0.0424. The molecule has 7 nitrogen and oxygen atoms in total. The Labute approximate surface area is 232 Å². The van der Waals surface area contributed by atoms with Gasteiger partial charge in [-0.05, 0) is 60.6 Å². The summed E-state index contributed by atoms with van der Waals surface area (Å²) in [7, 11) is 0. The Balaban J connectivity index is 1.01. The van der Waals surface area contributed by atoms with E-state index in [9.17, 15) is 14.4 Å². The van der Waals surface area contributed by atoms with Gasteiger partial charge in [-0.3, -0.25) is 25.2 Å². The number of amides is 3. The van der Waals surface area contributed by atoms with Crippen molar-refractivity contribution in [1.82, 2.24) is 16.2 Å². The highest BCUT2D eigenvalue weighted by Crippen LogP contribution is 2.44. The molecule has 1 heterocycles. The molecule has 3 N–H and O–H groups in total. The fourth-order valence-electron chi connectivity index (χ4n) is 5.88. The van der Waals surface area contributed by atoms with Crippen LogP contribution in [0, 0.1) is 11.8 Å². The summed E-state index contributed by atoms with van der Waals surface area (Å²) in [6.45, 7) is 0.562. The Kier molecular flexibility index (Phi) is 7.19. The number of hydrazine groups is 1. The standard InChI is InChI=1S/C33H31N3O4/c37-31(35-36-32(38)25-13-7-9-22-8-1-2-10-24(22)25)23-18-16-21(17-19-23)20-34-33(39)30-26-11-3-5-14-28(26)40-29-15-6-4-12-27(29)30/h1-15,21,23,30H,16-20H2,(H,34,39)(H,35,37)(H,36,38). The fourth-order valence-corrected chi connectivity index (χ4v) is 5.88. The Bertz CT molecular complexity index is 1520. The van der Waals surface area contributed by atoms with E-state index in [0.29, 0.717) is 42.4 Å². The Morgan fingerprint density at radius 2 is 1.30 bits per heavy atom. The van der Waals surface area contributed by atoms with Crippen molar-refractivity contribution < 1.29 is 19.1 Å². The quantitative estimate of drug-likeness (QED) is 0.297. The third kappa shape index (κ3) is 5.15. The van der Waals surface area contributed by atoms with Crippen LogP contribution in [-0.4, -0.2) is 24.3 Å². The van der Waals surface area contributed by atoms with Gasteiger partial charge in [0, 0.05) is 29.2 Å². The number of nitrogens with one attached hydrogen (secondary N) is 3. The summed E-state index contributed by atoms with van der Waals surface area (Å²) in [4.78, 5) is 39.0. The van der Waals surface area contributed by atoms with E-state index >= 15 is 0 Å². The first kappa shape index (κ1) is 25.6. The molecule has 4 aromatic rings. The maximum atomic E-state index is 13.4. The Hall–Kier alpha value is -4.65. The molecule has 1 aliphatic carbocycles. The summed E-state index contributed by atoms with van der Waals surface area (Å²) in [5.74, 6) is 0.565. The highest BCUT2D eigenvalue weighted by atomic mass is 16.5. The zero-order valence-electron chi connectivity index (χ0n) is 22.1. The first-order valence-electron chi connectivity index (χ1n) is 13.8. The lowest BCUT2D eigenvalue weighted by molar-refractivity contribution is -0.127. The van der Waals surface area contributed by atoms with Gasteiger partial charge in [0.2, 0.25) is 11.8 Å². The van der Waals surface area contributed by atoms with E-state index in [0.717, 1.165) is 34.7 Å². The van der Waals surface area contributed by atoms with Gasteiger partial charge in [0.1, 0.15) is 11.5 Å². The summed E-state index contributed by atoms with van der Waals surface area (Å²) in [6, 6.07) is 28.5. The van der Waals surface area contributed by atoms with E-state index in [1.54, 1.807) is 6.07 Å². The van der Waals surface area contributed by atoms with Gasteiger partial charge < -0.3 is 10.1 Å². The van der Waals surface area contributed by atoms with E-state index in [1.165, 1.54) is 0 Å². The lowest BCUT2D eigenvalue weighted by Gasteiger charge is -2.30. The molecule has 0 bridgehead atoms. The normalized spacial score (nSPS) is 18.1. The van der Waals surface area contributed by atoms with Crippen molar-refractivity contribution in [3.05, 3.63) is 108 Å². The van der Waals surface area contributed by atoms with Crippen LogP contribution in [0.5, 0.6) is 11.5 Å². The van der Waals surface area contributed by atoms with Crippen molar-refractivity contribution in [3.63, 3.8) is 0 Å². The van der Waals surface area contributed by atoms with Gasteiger partial charge in [0.05, 0.1) is 5.92 Å². The van der Waals surface area contributed by atoms with Gasteiger partial charge in [0.15, 0.2) is 0 Å².